The van der Waals surface area contributed by atoms with Gasteiger partial charge in [-0.25, -0.2) is 4.79 Å². The van der Waals surface area contributed by atoms with Gasteiger partial charge in [0.1, 0.15) is 5.60 Å². The molecule has 19 heavy (non-hydrogen) atoms. The number of nitrogens with one attached hydrogen (secondary N) is 1. The highest BCUT2D eigenvalue weighted by Crippen LogP contribution is 2.60. The number of carboxylic acid groups (broad SMARTS) is 1. The molecule has 0 radical (unpaired) electrons. The van der Waals surface area contributed by atoms with Crippen LogP contribution in [0, 0.1) is 17.3 Å². The van der Waals surface area contributed by atoms with Crippen LogP contribution in [0.3, 0.4) is 0 Å². The zero-order valence-corrected chi connectivity index (χ0v) is 11.9. The van der Waals surface area contributed by atoms with Crippen molar-refractivity contribution in [1.82, 2.24) is 5.32 Å². The Morgan fingerprint density at radius 1 is 1.26 bits per heavy atom. The van der Waals surface area contributed by atoms with Gasteiger partial charge in [-0.1, -0.05) is 0 Å². The number of carboxylic acids is 1. The van der Waals surface area contributed by atoms with E-state index >= 15 is 0 Å². The number of ether oxygens (including phenoxy) is 1. The molecule has 0 heterocycles. The van der Waals surface area contributed by atoms with Crippen molar-refractivity contribution < 1.29 is 19.4 Å². The molecule has 0 unspecified atom stereocenters. The van der Waals surface area contributed by atoms with E-state index < -0.39 is 11.6 Å². The lowest BCUT2D eigenvalue weighted by molar-refractivity contribution is -0.157. The summed E-state index contributed by atoms with van der Waals surface area (Å²) in [4.78, 5) is 22.2. The zero-order chi connectivity index (χ0) is 14.3. The quantitative estimate of drug-likeness (QED) is 0.825. The molecule has 0 aromatic rings. The van der Waals surface area contributed by atoms with E-state index in [1.54, 1.807) is 0 Å². The Hall–Kier alpha value is -1.26. The molecule has 2 aliphatic rings. The van der Waals surface area contributed by atoms with Crippen LogP contribution in [-0.2, 0) is 9.53 Å². The monoisotopic (exact) mass is 269 g/mol. The summed E-state index contributed by atoms with van der Waals surface area (Å²) in [5.41, 5.74) is -0.197. The fraction of sp³-hybridized carbons (Fsp3) is 0.857. The minimum absolute atomic E-state index is 0.139. The topological polar surface area (TPSA) is 75.6 Å². The van der Waals surface area contributed by atoms with E-state index in [-0.39, 0.29) is 17.4 Å². The molecule has 0 saturated heterocycles. The van der Waals surface area contributed by atoms with Gasteiger partial charge in [-0.2, -0.15) is 0 Å². The third-order valence-electron chi connectivity index (χ3n) is 4.09. The van der Waals surface area contributed by atoms with Crippen molar-refractivity contribution in [2.45, 2.75) is 52.1 Å². The normalized spacial score (nSPS) is 33.2. The summed E-state index contributed by atoms with van der Waals surface area (Å²) < 4.78 is 5.17. The SMILES string of the molecule is CC(C)(C)OC(=O)NCC1CC2(C1)CC(C(=O)O)C2. The molecular weight excluding hydrogens is 246 g/mol. The number of hydrogen-bond donors (Lipinski definition) is 2. The van der Waals surface area contributed by atoms with Crippen molar-refractivity contribution in [1.29, 1.82) is 0 Å². The standard InChI is InChI=1S/C14H23NO4/c1-13(2,3)19-12(18)15-8-9-4-14(5-9)6-10(7-14)11(16)17/h9-10H,4-8H2,1-3H3,(H,15,18)(H,16,17). The average Bonchev–Trinajstić information content (AvgIpc) is 2.08. The second-order valence-electron chi connectivity index (χ2n) is 7.10. The average molecular weight is 269 g/mol. The van der Waals surface area contributed by atoms with Crippen LogP contribution >= 0.6 is 0 Å². The Balaban J connectivity index is 1.61. The van der Waals surface area contributed by atoms with Crippen molar-refractivity contribution in [3.05, 3.63) is 0 Å². The third kappa shape index (κ3) is 3.39. The number of alkyl carbamates (subject to hydrolysis) is 1. The molecule has 0 bridgehead atoms. The van der Waals surface area contributed by atoms with E-state index in [4.69, 9.17) is 9.84 Å². The summed E-state index contributed by atoms with van der Waals surface area (Å²) in [6.45, 7) is 6.15. The molecular formula is C14H23NO4. The summed E-state index contributed by atoms with van der Waals surface area (Å²) in [5.74, 6) is -0.331. The molecule has 0 aromatic heterocycles. The highest BCUT2D eigenvalue weighted by Gasteiger charge is 2.54. The van der Waals surface area contributed by atoms with E-state index in [2.05, 4.69) is 5.32 Å². The lowest BCUT2D eigenvalue weighted by Crippen LogP contribution is -2.52. The molecule has 2 rings (SSSR count). The van der Waals surface area contributed by atoms with Crippen LogP contribution in [0.1, 0.15) is 46.5 Å². The van der Waals surface area contributed by atoms with Gasteiger partial charge in [-0.15, -0.1) is 0 Å². The lowest BCUT2D eigenvalue weighted by Gasteiger charge is -2.56. The highest BCUT2D eigenvalue weighted by atomic mass is 16.6. The molecule has 2 N–H and O–H groups in total. The first kappa shape index (κ1) is 14.2. The first-order valence-corrected chi connectivity index (χ1v) is 6.89. The Morgan fingerprint density at radius 3 is 2.32 bits per heavy atom. The van der Waals surface area contributed by atoms with Crippen LogP contribution in [0.4, 0.5) is 4.79 Å². The number of amides is 1. The maximum absolute atomic E-state index is 11.5. The van der Waals surface area contributed by atoms with Crippen molar-refractivity contribution >= 4 is 12.1 Å². The van der Waals surface area contributed by atoms with Gasteiger partial charge in [0.05, 0.1) is 5.92 Å². The van der Waals surface area contributed by atoms with Crippen LogP contribution < -0.4 is 5.32 Å². The number of carbonyl (C=O) groups is 2. The molecule has 2 fully saturated rings. The maximum atomic E-state index is 11.5. The lowest BCUT2D eigenvalue weighted by atomic mass is 9.48. The summed E-state index contributed by atoms with van der Waals surface area (Å²) in [7, 11) is 0. The molecule has 1 amide bonds. The van der Waals surface area contributed by atoms with Gasteiger partial charge in [0.15, 0.2) is 0 Å². The number of aliphatic carboxylic acids is 1. The van der Waals surface area contributed by atoms with Crippen molar-refractivity contribution in [3.8, 4) is 0 Å². The summed E-state index contributed by atoms with van der Waals surface area (Å²) >= 11 is 0. The van der Waals surface area contributed by atoms with E-state index in [0.717, 1.165) is 25.7 Å². The van der Waals surface area contributed by atoms with E-state index in [1.165, 1.54) is 0 Å². The van der Waals surface area contributed by atoms with Crippen LogP contribution in [0.5, 0.6) is 0 Å². The Kier molecular flexibility index (Phi) is 3.49. The predicted molar refractivity (Wildman–Crippen MR) is 69.8 cm³/mol. The zero-order valence-electron chi connectivity index (χ0n) is 11.9. The minimum atomic E-state index is -0.666. The first-order chi connectivity index (χ1) is 8.69. The second kappa shape index (κ2) is 4.69. The molecule has 2 saturated carbocycles. The molecule has 5 heteroatoms. The molecule has 5 nitrogen and oxygen atoms in total. The Morgan fingerprint density at radius 2 is 1.84 bits per heavy atom. The van der Waals surface area contributed by atoms with Crippen LogP contribution in [-0.4, -0.2) is 29.3 Å². The van der Waals surface area contributed by atoms with Crippen molar-refractivity contribution in [2.75, 3.05) is 6.54 Å². The van der Waals surface area contributed by atoms with Crippen LogP contribution in [0.2, 0.25) is 0 Å². The molecule has 108 valence electrons. The Bertz CT molecular complexity index is 371. The third-order valence-corrected chi connectivity index (χ3v) is 4.09. The highest BCUT2D eigenvalue weighted by molar-refractivity contribution is 5.71. The van der Waals surface area contributed by atoms with Gasteiger partial charge in [0, 0.05) is 6.54 Å². The van der Waals surface area contributed by atoms with Crippen LogP contribution in [0.25, 0.3) is 0 Å². The van der Waals surface area contributed by atoms with Crippen LogP contribution in [0.15, 0.2) is 0 Å². The number of carbonyl (C=O) groups excluding carboxylic acids is 1. The Labute approximate surface area is 113 Å². The maximum Gasteiger partial charge on any atom is 0.407 e. The molecule has 0 atom stereocenters. The first-order valence-electron chi connectivity index (χ1n) is 6.89. The minimum Gasteiger partial charge on any atom is -0.481 e. The number of hydrogen-bond acceptors (Lipinski definition) is 3. The fourth-order valence-corrected chi connectivity index (χ4v) is 3.34. The summed E-state index contributed by atoms with van der Waals surface area (Å²) in [6, 6.07) is 0. The van der Waals surface area contributed by atoms with E-state index in [1.807, 2.05) is 20.8 Å². The van der Waals surface area contributed by atoms with Crippen molar-refractivity contribution in [3.63, 3.8) is 0 Å². The van der Waals surface area contributed by atoms with Gasteiger partial charge >= 0.3 is 12.1 Å². The summed E-state index contributed by atoms with van der Waals surface area (Å²) in [6.07, 6.45) is 3.32. The smallest absolute Gasteiger partial charge is 0.407 e. The summed E-state index contributed by atoms with van der Waals surface area (Å²) in [5, 5.41) is 11.6. The largest absolute Gasteiger partial charge is 0.481 e. The number of rotatable bonds is 3. The molecule has 2 aliphatic carbocycles. The van der Waals surface area contributed by atoms with Gasteiger partial charge in [-0.05, 0) is 57.8 Å². The van der Waals surface area contributed by atoms with Gasteiger partial charge in [0.2, 0.25) is 0 Å². The van der Waals surface area contributed by atoms with Gasteiger partial charge in [-0.3, -0.25) is 4.79 Å². The molecule has 1 spiro atoms. The molecule has 0 aromatic carbocycles. The fourth-order valence-electron chi connectivity index (χ4n) is 3.34. The van der Waals surface area contributed by atoms with Crippen molar-refractivity contribution in [2.24, 2.45) is 17.3 Å². The second-order valence-corrected chi connectivity index (χ2v) is 7.10. The molecule has 0 aliphatic heterocycles. The van der Waals surface area contributed by atoms with E-state index in [0.29, 0.717) is 12.5 Å². The van der Waals surface area contributed by atoms with E-state index in [9.17, 15) is 9.59 Å². The van der Waals surface area contributed by atoms with Gasteiger partial charge in [0.25, 0.3) is 0 Å². The van der Waals surface area contributed by atoms with Gasteiger partial charge < -0.3 is 15.2 Å². The predicted octanol–water partition coefficient (Wildman–Crippen LogP) is 2.40.